The lowest BCUT2D eigenvalue weighted by Gasteiger charge is -2.21. The molecule has 0 unspecified atom stereocenters. The molecule has 0 aliphatic carbocycles. The first-order chi connectivity index (χ1) is 16.9. The topological polar surface area (TPSA) is 93.9 Å². The molecule has 8 heteroatoms. The molecule has 1 aromatic heterocycles. The van der Waals surface area contributed by atoms with Gasteiger partial charge in [0.2, 0.25) is 11.8 Å². The largest absolute Gasteiger partial charge is 0.457 e. The van der Waals surface area contributed by atoms with E-state index in [-0.39, 0.29) is 30.4 Å². The van der Waals surface area contributed by atoms with Crippen molar-refractivity contribution in [1.29, 1.82) is 0 Å². The Balaban J connectivity index is 1.32. The lowest BCUT2D eigenvalue weighted by Crippen LogP contribution is -2.44. The van der Waals surface area contributed by atoms with Crippen molar-refractivity contribution < 1.29 is 23.6 Å². The van der Waals surface area contributed by atoms with Gasteiger partial charge in [-0.3, -0.25) is 9.59 Å². The number of amides is 2. The van der Waals surface area contributed by atoms with E-state index < -0.39 is 0 Å². The normalized spacial score (nSPS) is 19.9. The molecule has 35 heavy (non-hydrogen) atoms. The fourth-order valence-electron chi connectivity index (χ4n) is 4.73. The van der Waals surface area contributed by atoms with Gasteiger partial charge in [0, 0.05) is 25.1 Å². The van der Waals surface area contributed by atoms with Crippen molar-refractivity contribution in [2.24, 2.45) is 0 Å². The fraction of sp³-hybridized carbons (Fsp3) is 0.370. The number of likely N-dealkylation sites (tertiary alicyclic amines) is 1. The predicted molar refractivity (Wildman–Crippen MR) is 128 cm³/mol. The second kappa shape index (κ2) is 9.92. The number of carbonyl (C=O) groups is 2. The van der Waals surface area contributed by atoms with E-state index in [1.807, 2.05) is 62.4 Å². The van der Waals surface area contributed by atoms with Crippen molar-refractivity contribution in [1.82, 2.24) is 15.4 Å². The van der Waals surface area contributed by atoms with Gasteiger partial charge in [0.15, 0.2) is 0 Å². The SMILES string of the molecule is Cc1noc(C)c1CCC(=O)N1C[C@@H]2NC(=O)Cc3cccc(c3)Oc3cccc(c3)CO[C@H]2C1. The highest BCUT2D eigenvalue weighted by atomic mass is 16.5. The molecule has 1 saturated heterocycles. The predicted octanol–water partition coefficient (Wildman–Crippen LogP) is 3.48. The molecular formula is C27H29N3O5. The number of aromatic nitrogens is 1. The fourth-order valence-corrected chi connectivity index (χ4v) is 4.73. The summed E-state index contributed by atoms with van der Waals surface area (Å²) in [5.74, 6) is 2.05. The van der Waals surface area contributed by atoms with Crippen LogP contribution in [0.1, 0.15) is 34.6 Å². The van der Waals surface area contributed by atoms with E-state index in [0.717, 1.165) is 28.1 Å². The third kappa shape index (κ3) is 5.38. The third-order valence-corrected chi connectivity index (χ3v) is 6.60. The zero-order valence-electron chi connectivity index (χ0n) is 20.0. The van der Waals surface area contributed by atoms with E-state index in [2.05, 4.69) is 10.5 Å². The van der Waals surface area contributed by atoms with Crippen molar-refractivity contribution in [2.75, 3.05) is 13.1 Å². The number of benzene rings is 2. The lowest BCUT2D eigenvalue weighted by molar-refractivity contribution is -0.130. The molecule has 5 rings (SSSR count). The number of fused-ring (bicyclic) bond motifs is 5. The molecule has 2 aliphatic heterocycles. The second-order valence-electron chi connectivity index (χ2n) is 9.20. The number of rotatable bonds is 3. The highest BCUT2D eigenvalue weighted by Crippen LogP contribution is 2.25. The standard InChI is InChI=1S/C27H29N3O5/c1-17-23(18(2)35-29-17)9-10-27(32)30-14-24-25(15-30)33-16-20-6-4-8-22(12-20)34-21-7-3-5-19(11-21)13-26(31)28-24/h3-8,11-12,24-25H,9-10,13-16H2,1-2H3,(H,28,31)/t24-,25-/m0/s1. The van der Waals surface area contributed by atoms with Gasteiger partial charge in [0.05, 0.1) is 30.9 Å². The Bertz CT molecular complexity index is 1220. The van der Waals surface area contributed by atoms with Gasteiger partial charge >= 0.3 is 0 Å². The molecule has 2 atom stereocenters. The van der Waals surface area contributed by atoms with Crippen molar-refractivity contribution in [3.8, 4) is 11.5 Å². The summed E-state index contributed by atoms with van der Waals surface area (Å²) in [7, 11) is 0. The summed E-state index contributed by atoms with van der Waals surface area (Å²) in [5, 5.41) is 7.07. The summed E-state index contributed by atoms with van der Waals surface area (Å²) in [6, 6.07) is 15.0. The van der Waals surface area contributed by atoms with Gasteiger partial charge in [0.1, 0.15) is 17.3 Å². The summed E-state index contributed by atoms with van der Waals surface area (Å²) >= 11 is 0. The number of ether oxygens (including phenoxy) is 2. The Morgan fingerprint density at radius 1 is 1.09 bits per heavy atom. The molecule has 4 bridgehead atoms. The monoisotopic (exact) mass is 475 g/mol. The minimum atomic E-state index is -0.305. The van der Waals surface area contributed by atoms with Crippen LogP contribution in [0.5, 0.6) is 11.5 Å². The Kier molecular flexibility index (Phi) is 6.55. The average molecular weight is 476 g/mol. The van der Waals surface area contributed by atoms with E-state index in [0.29, 0.717) is 44.0 Å². The molecule has 2 aliphatic rings. The number of carbonyl (C=O) groups excluding carboxylic acids is 2. The Morgan fingerprint density at radius 2 is 1.83 bits per heavy atom. The van der Waals surface area contributed by atoms with Crippen LogP contribution in [0.2, 0.25) is 0 Å². The molecule has 2 amide bonds. The molecule has 1 fully saturated rings. The van der Waals surface area contributed by atoms with E-state index in [9.17, 15) is 9.59 Å². The van der Waals surface area contributed by atoms with Crippen LogP contribution in [0.15, 0.2) is 53.1 Å². The van der Waals surface area contributed by atoms with Gasteiger partial charge in [-0.2, -0.15) is 0 Å². The molecule has 182 valence electrons. The van der Waals surface area contributed by atoms with E-state index in [1.165, 1.54) is 0 Å². The Labute approximate surface area is 204 Å². The maximum absolute atomic E-state index is 13.0. The van der Waals surface area contributed by atoms with Crippen LogP contribution in [-0.4, -0.2) is 47.1 Å². The van der Waals surface area contributed by atoms with Gasteiger partial charge in [0.25, 0.3) is 0 Å². The summed E-state index contributed by atoms with van der Waals surface area (Å²) in [5.41, 5.74) is 3.61. The molecule has 1 N–H and O–H groups in total. The summed E-state index contributed by atoms with van der Waals surface area (Å²) in [6.07, 6.45) is 0.839. The Hall–Kier alpha value is -3.65. The molecule has 3 aromatic rings. The number of hydrogen-bond donors (Lipinski definition) is 1. The molecular weight excluding hydrogens is 446 g/mol. The van der Waals surface area contributed by atoms with Crippen molar-refractivity contribution >= 4 is 11.8 Å². The summed E-state index contributed by atoms with van der Waals surface area (Å²) < 4.78 is 17.4. The van der Waals surface area contributed by atoms with Gasteiger partial charge in [-0.15, -0.1) is 0 Å². The number of hydrogen-bond acceptors (Lipinski definition) is 6. The van der Waals surface area contributed by atoms with Gasteiger partial charge < -0.3 is 24.2 Å². The van der Waals surface area contributed by atoms with E-state index in [4.69, 9.17) is 14.0 Å². The summed E-state index contributed by atoms with van der Waals surface area (Å²) in [4.78, 5) is 27.7. The van der Waals surface area contributed by atoms with Gasteiger partial charge in [-0.25, -0.2) is 0 Å². The molecule has 0 radical (unpaired) electrons. The maximum Gasteiger partial charge on any atom is 0.224 e. The first-order valence-corrected chi connectivity index (χ1v) is 11.9. The van der Waals surface area contributed by atoms with Crippen molar-refractivity contribution in [2.45, 2.75) is 51.9 Å². The quantitative estimate of drug-likeness (QED) is 0.623. The molecule has 3 heterocycles. The molecule has 0 spiro atoms. The van der Waals surface area contributed by atoms with Crippen LogP contribution < -0.4 is 10.1 Å². The van der Waals surface area contributed by atoms with Gasteiger partial charge in [-0.1, -0.05) is 29.4 Å². The average Bonchev–Trinajstić information content (AvgIpc) is 3.38. The van der Waals surface area contributed by atoms with E-state index >= 15 is 0 Å². The molecule has 8 nitrogen and oxygen atoms in total. The second-order valence-corrected chi connectivity index (χ2v) is 9.20. The maximum atomic E-state index is 13.0. The Morgan fingerprint density at radius 3 is 2.57 bits per heavy atom. The highest BCUT2D eigenvalue weighted by molar-refractivity contribution is 5.80. The van der Waals surface area contributed by atoms with Crippen LogP contribution in [0.3, 0.4) is 0 Å². The van der Waals surface area contributed by atoms with Gasteiger partial charge in [-0.05, 0) is 55.7 Å². The van der Waals surface area contributed by atoms with Crippen molar-refractivity contribution in [3.63, 3.8) is 0 Å². The minimum absolute atomic E-state index is 0.0244. The highest BCUT2D eigenvalue weighted by Gasteiger charge is 2.37. The lowest BCUT2D eigenvalue weighted by atomic mass is 10.1. The number of nitrogens with one attached hydrogen (secondary N) is 1. The first-order valence-electron chi connectivity index (χ1n) is 11.9. The number of nitrogens with zero attached hydrogens (tertiary/aromatic N) is 2. The van der Waals surface area contributed by atoms with Crippen LogP contribution in [0.4, 0.5) is 0 Å². The number of aryl methyl sites for hydroxylation is 2. The smallest absolute Gasteiger partial charge is 0.224 e. The van der Waals surface area contributed by atoms with Crippen molar-refractivity contribution in [3.05, 3.63) is 76.7 Å². The minimum Gasteiger partial charge on any atom is -0.457 e. The van der Waals surface area contributed by atoms with Crippen LogP contribution in [0.25, 0.3) is 0 Å². The van der Waals surface area contributed by atoms with Crippen LogP contribution in [-0.2, 0) is 33.8 Å². The zero-order chi connectivity index (χ0) is 24.4. The summed E-state index contributed by atoms with van der Waals surface area (Å²) in [6.45, 7) is 4.94. The third-order valence-electron chi connectivity index (χ3n) is 6.60. The van der Waals surface area contributed by atoms with E-state index in [1.54, 1.807) is 4.90 Å². The molecule has 2 aromatic carbocycles. The molecule has 0 saturated carbocycles. The van der Waals surface area contributed by atoms with Crippen LogP contribution >= 0.6 is 0 Å². The zero-order valence-corrected chi connectivity index (χ0v) is 20.0. The van der Waals surface area contributed by atoms with Crippen LogP contribution in [0, 0.1) is 13.8 Å². The first kappa shape index (κ1) is 23.1.